The van der Waals surface area contributed by atoms with Crippen LogP contribution in [-0.4, -0.2) is 47.9 Å². The van der Waals surface area contributed by atoms with Crippen LogP contribution < -0.4 is 5.32 Å². The Balaban J connectivity index is 1.51. The van der Waals surface area contributed by atoms with Crippen LogP contribution in [0.3, 0.4) is 0 Å². The number of carbonyl (C=O) groups is 1. The fourth-order valence-electron chi connectivity index (χ4n) is 2.93. The van der Waals surface area contributed by atoms with Crippen LogP contribution in [0.4, 0.5) is 10.1 Å². The number of thiophene rings is 1. The molecule has 1 aromatic heterocycles. The van der Waals surface area contributed by atoms with Crippen LogP contribution in [-0.2, 0) is 11.3 Å². The predicted octanol–water partition coefficient (Wildman–Crippen LogP) is 3.69. The highest BCUT2D eigenvalue weighted by atomic mass is 35.5. The zero-order valence-corrected chi connectivity index (χ0v) is 15.6. The second-order valence-electron chi connectivity index (χ2n) is 6.18. The number of carbonyl (C=O) groups excluding carboxylic acids is 1. The number of anilines is 1. The van der Waals surface area contributed by atoms with Crippen molar-refractivity contribution in [2.75, 3.05) is 31.5 Å². The summed E-state index contributed by atoms with van der Waals surface area (Å²) in [6.45, 7) is 6.42. The molecule has 1 aliphatic heterocycles. The van der Waals surface area contributed by atoms with Crippen LogP contribution in [0.25, 0.3) is 0 Å². The Kier molecular flexibility index (Phi) is 6.06. The Morgan fingerprint density at radius 1 is 1.32 bits per heavy atom. The summed E-state index contributed by atoms with van der Waals surface area (Å²) >= 11 is 7.75. The molecule has 1 saturated heterocycles. The van der Waals surface area contributed by atoms with Crippen LogP contribution in [0, 0.1) is 5.82 Å². The smallest absolute Gasteiger partial charge is 0.241 e. The lowest BCUT2D eigenvalue weighted by molar-refractivity contribution is -0.121. The van der Waals surface area contributed by atoms with Crippen LogP contribution in [0.5, 0.6) is 0 Å². The molecule has 1 atom stereocenters. The second-order valence-corrected chi connectivity index (χ2v) is 7.62. The Hall–Kier alpha value is -1.47. The third kappa shape index (κ3) is 4.79. The molecule has 0 bridgehead atoms. The molecular weight excluding hydrogens is 361 g/mol. The summed E-state index contributed by atoms with van der Waals surface area (Å²) in [5.41, 5.74) is 0.441. The number of hydrogen-bond donors (Lipinski definition) is 1. The molecule has 0 radical (unpaired) electrons. The average Bonchev–Trinajstić information content (AvgIpc) is 3.10. The summed E-state index contributed by atoms with van der Waals surface area (Å²) in [6.07, 6.45) is 0. The molecule has 1 aromatic carbocycles. The van der Waals surface area contributed by atoms with Crippen LogP contribution in [0.1, 0.15) is 11.8 Å². The van der Waals surface area contributed by atoms with Gasteiger partial charge < -0.3 is 5.32 Å². The van der Waals surface area contributed by atoms with E-state index in [2.05, 4.69) is 32.6 Å². The lowest BCUT2D eigenvalue weighted by atomic mass is 10.2. The van der Waals surface area contributed by atoms with Crippen molar-refractivity contribution in [2.24, 2.45) is 0 Å². The number of amides is 1. The first kappa shape index (κ1) is 18.3. The topological polar surface area (TPSA) is 35.6 Å². The maximum Gasteiger partial charge on any atom is 0.241 e. The Labute approximate surface area is 156 Å². The molecule has 1 fully saturated rings. The van der Waals surface area contributed by atoms with Crippen molar-refractivity contribution in [3.8, 4) is 0 Å². The molecule has 0 unspecified atom stereocenters. The Morgan fingerprint density at radius 2 is 2.08 bits per heavy atom. The molecule has 1 aliphatic rings. The van der Waals surface area contributed by atoms with Crippen molar-refractivity contribution < 1.29 is 9.18 Å². The summed E-state index contributed by atoms with van der Waals surface area (Å²) < 4.78 is 13.1. The predicted molar refractivity (Wildman–Crippen MR) is 101 cm³/mol. The van der Waals surface area contributed by atoms with E-state index in [9.17, 15) is 9.18 Å². The number of hydrogen-bond acceptors (Lipinski definition) is 4. The molecule has 0 spiro atoms. The van der Waals surface area contributed by atoms with Crippen molar-refractivity contribution in [3.63, 3.8) is 0 Å². The van der Waals surface area contributed by atoms with E-state index in [-0.39, 0.29) is 17.0 Å². The summed E-state index contributed by atoms with van der Waals surface area (Å²) in [4.78, 5) is 18.4. The highest BCUT2D eigenvalue weighted by molar-refractivity contribution is 7.09. The summed E-state index contributed by atoms with van der Waals surface area (Å²) in [7, 11) is 0. The van der Waals surface area contributed by atoms with E-state index in [1.807, 2.05) is 6.92 Å². The van der Waals surface area contributed by atoms with Gasteiger partial charge in [-0.15, -0.1) is 11.3 Å². The van der Waals surface area contributed by atoms with E-state index in [1.165, 1.54) is 23.1 Å². The van der Waals surface area contributed by atoms with Gasteiger partial charge in [0.15, 0.2) is 0 Å². The van der Waals surface area contributed by atoms with Crippen LogP contribution in [0.15, 0.2) is 35.7 Å². The molecule has 134 valence electrons. The van der Waals surface area contributed by atoms with Gasteiger partial charge in [-0.3, -0.25) is 14.6 Å². The number of benzene rings is 1. The average molecular weight is 382 g/mol. The second kappa shape index (κ2) is 8.27. The van der Waals surface area contributed by atoms with Gasteiger partial charge in [-0.1, -0.05) is 17.7 Å². The maximum absolute atomic E-state index is 13.1. The third-order valence-electron chi connectivity index (χ3n) is 4.48. The van der Waals surface area contributed by atoms with Crippen molar-refractivity contribution in [2.45, 2.75) is 19.5 Å². The summed E-state index contributed by atoms with van der Waals surface area (Å²) in [5.74, 6) is -0.543. The van der Waals surface area contributed by atoms with E-state index in [4.69, 9.17) is 11.6 Å². The molecule has 0 aliphatic carbocycles. The molecule has 4 nitrogen and oxygen atoms in total. The van der Waals surface area contributed by atoms with E-state index in [0.29, 0.717) is 5.69 Å². The van der Waals surface area contributed by atoms with Crippen LogP contribution in [0.2, 0.25) is 5.02 Å². The van der Waals surface area contributed by atoms with Gasteiger partial charge in [-0.2, -0.15) is 0 Å². The van der Waals surface area contributed by atoms with Gasteiger partial charge in [0.1, 0.15) is 5.82 Å². The van der Waals surface area contributed by atoms with Gasteiger partial charge in [-0.25, -0.2) is 4.39 Å². The number of halogens is 2. The van der Waals surface area contributed by atoms with Gasteiger partial charge >= 0.3 is 0 Å². The SMILES string of the molecule is C[C@@H](C(=O)Nc1ccc(F)cc1Cl)N1CCN(Cc2cccs2)CC1. The Morgan fingerprint density at radius 3 is 2.72 bits per heavy atom. The third-order valence-corrected chi connectivity index (χ3v) is 5.66. The van der Waals surface area contributed by atoms with Gasteiger partial charge in [0, 0.05) is 37.6 Å². The molecular formula is C18H21ClFN3OS. The summed E-state index contributed by atoms with van der Waals surface area (Å²) in [6, 6.07) is 7.94. The maximum atomic E-state index is 13.1. The molecule has 2 heterocycles. The lowest BCUT2D eigenvalue weighted by Gasteiger charge is -2.37. The highest BCUT2D eigenvalue weighted by Crippen LogP contribution is 2.23. The largest absolute Gasteiger partial charge is 0.323 e. The number of nitrogens with zero attached hydrogens (tertiary/aromatic N) is 2. The van der Waals surface area contributed by atoms with E-state index in [0.717, 1.165) is 32.7 Å². The minimum atomic E-state index is -0.419. The first-order valence-electron chi connectivity index (χ1n) is 8.27. The Bertz CT molecular complexity index is 717. The van der Waals surface area contributed by atoms with Gasteiger partial charge in [0.25, 0.3) is 0 Å². The zero-order valence-electron chi connectivity index (χ0n) is 14.0. The monoisotopic (exact) mass is 381 g/mol. The van der Waals surface area contributed by atoms with Crippen molar-refractivity contribution >= 4 is 34.5 Å². The fourth-order valence-corrected chi connectivity index (χ4v) is 3.89. The van der Waals surface area contributed by atoms with Gasteiger partial charge in [0.05, 0.1) is 16.8 Å². The van der Waals surface area contributed by atoms with Crippen molar-refractivity contribution in [1.82, 2.24) is 9.80 Å². The minimum absolute atomic E-state index is 0.125. The minimum Gasteiger partial charge on any atom is -0.323 e. The molecule has 0 saturated carbocycles. The molecule has 2 aromatic rings. The van der Waals surface area contributed by atoms with E-state index >= 15 is 0 Å². The fraction of sp³-hybridized carbons (Fsp3) is 0.389. The van der Waals surface area contributed by atoms with Crippen molar-refractivity contribution in [3.05, 3.63) is 51.4 Å². The first-order valence-corrected chi connectivity index (χ1v) is 9.53. The van der Waals surface area contributed by atoms with Crippen LogP contribution >= 0.6 is 22.9 Å². The zero-order chi connectivity index (χ0) is 17.8. The van der Waals surface area contributed by atoms with E-state index in [1.54, 1.807) is 11.3 Å². The number of rotatable bonds is 5. The summed E-state index contributed by atoms with van der Waals surface area (Å²) in [5, 5.41) is 5.10. The molecule has 1 N–H and O–H groups in total. The normalized spacial score (nSPS) is 17.4. The number of nitrogens with one attached hydrogen (secondary N) is 1. The highest BCUT2D eigenvalue weighted by Gasteiger charge is 2.26. The van der Waals surface area contributed by atoms with Crippen molar-refractivity contribution in [1.29, 1.82) is 0 Å². The molecule has 1 amide bonds. The van der Waals surface area contributed by atoms with Gasteiger partial charge in [0.2, 0.25) is 5.91 Å². The lowest BCUT2D eigenvalue weighted by Crippen LogP contribution is -2.52. The molecule has 25 heavy (non-hydrogen) atoms. The van der Waals surface area contributed by atoms with E-state index < -0.39 is 5.82 Å². The number of piperazine rings is 1. The first-order chi connectivity index (χ1) is 12.0. The molecule has 3 rings (SSSR count). The van der Waals surface area contributed by atoms with Gasteiger partial charge in [-0.05, 0) is 36.6 Å². The standard InChI is InChI=1S/C18H21ClFN3OS/c1-13(18(24)21-17-5-4-14(20)11-16(17)19)23-8-6-22(7-9-23)12-15-3-2-10-25-15/h2-5,10-11,13H,6-9,12H2,1H3,(H,21,24)/t13-/m0/s1. The molecule has 7 heteroatoms. The quantitative estimate of drug-likeness (QED) is 0.858.